The van der Waals surface area contributed by atoms with Gasteiger partial charge in [-0.05, 0) is 23.3 Å². The zero-order valence-corrected chi connectivity index (χ0v) is 15.1. The van der Waals surface area contributed by atoms with Crippen LogP contribution in [0.15, 0.2) is 54.6 Å². The Morgan fingerprint density at radius 2 is 1.28 bits per heavy atom. The highest BCUT2D eigenvalue weighted by atomic mass is 16.5. The Kier molecular flexibility index (Phi) is 6.08. The van der Waals surface area contributed by atoms with Gasteiger partial charge in [0.05, 0.1) is 32.5 Å². The second-order valence-corrected chi connectivity index (χ2v) is 6.36. The van der Waals surface area contributed by atoms with Crippen LogP contribution in [0.5, 0.6) is 5.75 Å². The van der Waals surface area contributed by atoms with Crippen LogP contribution in [-0.4, -0.2) is 34.5 Å². The fourth-order valence-corrected chi connectivity index (χ4v) is 3.76. The summed E-state index contributed by atoms with van der Waals surface area (Å²) in [5.74, 6) is 1.31. The van der Waals surface area contributed by atoms with Gasteiger partial charge in [-0.2, -0.15) is 0 Å². The van der Waals surface area contributed by atoms with Crippen molar-refractivity contribution in [2.24, 2.45) is 11.8 Å². The molecule has 25 heavy (non-hydrogen) atoms. The highest BCUT2D eigenvalue weighted by Crippen LogP contribution is 2.42. The van der Waals surface area contributed by atoms with E-state index in [1.807, 2.05) is 30.3 Å². The van der Waals surface area contributed by atoms with Crippen LogP contribution in [0.4, 0.5) is 0 Å². The normalized spacial score (nSPS) is 22.5. The Labute approximate surface area is 149 Å². The van der Waals surface area contributed by atoms with E-state index in [4.69, 9.17) is 18.9 Å². The van der Waals surface area contributed by atoms with Gasteiger partial charge in [-0.15, -0.1) is 0 Å². The maximum Gasteiger partial charge on any atom is 0.118 e. The van der Waals surface area contributed by atoms with E-state index in [1.54, 1.807) is 21.3 Å². The van der Waals surface area contributed by atoms with Gasteiger partial charge in [0, 0.05) is 26.1 Å². The molecule has 0 amide bonds. The number of benzene rings is 2. The van der Waals surface area contributed by atoms with Crippen molar-refractivity contribution in [3.05, 3.63) is 65.7 Å². The summed E-state index contributed by atoms with van der Waals surface area (Å²) in [6, 6.07) is 18.4. The molecule has 1 aliphatic heterocycles. The summed E-state index contributed by atoms with van der Waals surface area (Å²) >= 11 is 0. The van der Waals surface area contributed by atoms with Gasteiger partial charge in [0.25, 0.3) is 0 Å². The molecule has 1 heterocycles. The van der Waals surface area contributed by atoms with Gasteiger partial charge in [-0.1, -0.05) is 42.5 Å². The highest BCUT2D eigenvalue weighted by Gasteiger charge is 2.41. The minimum absolute atomic E-state index is 0.00963. The molecule has 1 fully saturated rings. The molecule has 0 radical (unpaired) electrons. The van der Waals surface area contributed by atoms with Gasteiger partial charge in [0.2, 0.25) is 0 Å². The van der Waals surface area contributed by atoms with Crippen LogP contribution in [0, 0.1) is 11.8 Å². The maximum atomic E-state index is 5.88. The van der Waals surface area contributed by atoms with Gasteiger partial charge < -0.3 is 18.9 Å². The van der Waals surface area contributed by atoms with E-state index >= 15 is 0 Å². The zero-order chi connectivity index (χ0) is 17.6. The van der Waals surface area contributed by atoms with Crippen LogP contribution < -0.4 is 4.74 Å². The second kappa shape index (κ2) is 8.48. The molecule has 2 aromatic rings. The largest absolute Gasteiger partial charge is 0.497 e. The molecular weight excluding hydrogens is 316 g/mol. The maximum absolute atomic E-state index is 5.88. The first kappa shape index (κ1) is 17.9. The van der Waals surface area contributed by atoms with Crippen molar-refractivity contribution in [3.8, 4) is 5.75 Å². The number of rotatable bonds is 7. The molecular formula is C21H26O4. The Balaban J connectivity index is 1.85. The second-order valence-electron chi connectivity index (χ2n) is 6.36. The van der Waals surface area contributed by atoms with Crippen LogP contribution in [0.2, 0.25) is 0 Å². The lowest BCUT2D eigenvalue weighted by molar-refractivity contribution is -0.0139. The van der Waals surface area contributed by atoms with Gasteiger partial charge >= 0.3 is 0 Å². The van der Waals surface area contributed by atoms with E-state index in [2.05, 4.69) is 24.3 Å². The van der Waals surface area contributed by atoms with Crippen LogP contribution in [0.1, 0.15) is 23.3 Å². The van der Waals surface area contributed by atoms with Gasteiger partial charge in [0.15, 0.2) is 0 Å². The number of hydrogen-bond acceptors (Lipinski definition) is 4. The Bertz CT molecular complexity index is 641. The predicted octanol–water partition coefficient (Wildman–Crippen LogP) is 4.03. The van der Waals surface area contributed by atoms with E-state index in [0.717, 1.165) is 11.3 Å². The smallest absolute Gasteiger partial charge is 0.118 e. The van der Waals surface area contributed by atoms with Crippen LogP contribution in [0.3, 0.4) is 0 Å². The van der Waals surface area contributed by atoms with Crippen molar-refractivity contribution in [2.45, 2.75) is 12.2 Å². The third kappa shape index (κ3) is 3.87. The number of methoxy groups -OCH3 is 3. The Morgan fingerprint density at radius 1 is 0.760 bits per heavy atom. The topological polar surface area (TPSA) is 36.9 Å². The molecule has 1 aliphatic rings. The lowest BCUT2D eigenvalue weighted by atomic mass is 9.81. The van der Waals surface area contributed by atoms with Crippen LogP contribution in [-0.2, 0) is 14.2 Å². The van der Waals surface area contributed by atoms with E-state index in [1.165, 1.54) is 5.56 Å². The minimum Gasteiger partial charge on any atom is -0.497 e. The van der Waals surface area contributed by atoms with Crippen molar-refractivity contribution in [3.63, 3.8) is 0 Å². The molecule has 134 valence electrons. The molecule has 0 spiro atoms. The molecule has 0 N–H and O–H groups in total. The summed E-state index contributed by atoms with van der Waals surface area (Å²) in [7, 11) is 5.20. The van der Waals surface area contributed by atoms with Crippen molar-refractivity contribution >= 4 is 0 Å². The molecule has 4 nitrogen and oxygen atoms in total. The van der Waals surface area contributed by atoms with Crippen molar-refractivity contribution in [2.75, 3.05) is 34.5 Å². The molecule has 0 aromatic heterocycles. The Hall–Kier alpha value is -1.88. The standard InChI is InChI=1S/C21H26O4/c1-22-17-11-9-16(10-12-17)21(24-3)19-14-25-13-18(19)20(23-2)15-7-5-4-6-8-15/h4-12,18-21H,13-14H2,1-3H3/t18-,19-,20-,21-/m1/s1. The lowest BCUT2D eigenvalue weighted by Crippen LogP contribution is -2.28. The van der Waals surface area contributed by atoms with Crippen molar-refractivity contribution < 1.29 is 18.9 Å². The van der Waals surface area contributed by atoms with Gasteiger partial charge in [-0.25, -0.2) is 0 Å². The highest BCUT2D eigenvalue weighted by molar-refractivity contribution is 5.29. The average Bonchev–Trinajstić information content (AvgIpc) is 3.14. The lowest BCUT2D eigenvalue weighted by Gasteiger charge is -2.31. The van der Waals surface area contributed by atoms with Crippen molar-refractivity contribution in [1.82, 2.24) is 0 Å². The Morgan fingerprint density at radius 3 is 1.76 bits per heavy atom. The average molecular weight is 342 g/mol. The minimum atomic E-state index is -0.0419. The molecule has 4 atom stereocenters. The molecule has 0 bridgehead atoms. The monoisotopic (exact) mass is 342 g/mol. The fraction of sp³-hybridized carbons (Fsp3) is 0.429. The van der Waals surface area contributed by atoms with Crippen LogP contribution in [0.25, 0.3) is 0 Å². The first-order valence-corrected chi connectivity index (χ1v) is 8.60. The van der Waals surface area contributed by atoms with Gasteiger partial charge in [0.1, 0.15) is 5.75 Å². The SMILES string of the molecule is COc1ccc([C@@H](OC)[C@@H]2COC[C@H]2[C@H](OC)c2ccccc2)cc1. The first-order valence-electron chi connectivity index (χ1n) is 8.60. The van der Waals surface area contributed by atoms with Gasteiger partial charge in [-0.3, -0.25) is 0 Å². The van der Waals surface area contributed by atoms with E-state index in [-0.39, 0.29) is 24.0 Å². The molecule has 0 aliphatic carbocycles. The molecule has 4 heteroatoms. The molecule has 0 unspecified atom stereocenters. The fourth-order valence-electron chi connectivity index (χ4n) is 3.76. The number of hydrogen-bond donors (Lipinski definition) is 0. The number of ether oxygens (including phenoxy) is 4. The summed E-state index contributed by atoms with van der Waals surface area (Å²) in [6.07, 6.45) is -0.0515. The summed E-state index contributed by atoms with van der Waals surface area (Å²) in [6.45, 7) is 1.34. The van der Waals surface area contributed by atoms with Crippen molar-refractivity contribution in [1.29, 1.82) is 0 Å². The summed E-state index contributed by atoms with van der Waals surface area (Å²) in [5.41, 5.74) is 2.31. The third-order valence-corrected chi connectivity index (χ3v) is 5.03. The van der Waals surface area contributed by atoms with E-state index in [0.29, 0.717) is 13.2 Å². The zero-order valence-electron chi connectivity index (χ0n) is 15.1. The molecule has 1 saturated heterocycles. The summed E-state index contributed by atoms with van der Waals surface area (Å²) in [4.78, 5) is 0. The first-order chi connectivity index (χ1) is 12.3. The summed E-state index contributed by atoms with van der Waals surface area (Å²) in [5, 5.41) is 0. The van der Waals surface area contributed by atoms with E-state index < -0.39 is 0 Å². The molecule has 0 saturated carbocycles. The predicted molar refractivity (Wildman–Crippen MR) is 96.7 cm³/mol. The third-order valence-electron chi connectivity index (χ3n) is 5.03. The summed E-state index contributed by atoms with van der Waals surface area (Å²) < 4.78 is 22.8. The molecule has 2 aromatic carbocycles. The molecule has 3 rings (SSSR count). The van der Waals surface area contributed by atoms with E-state index in [9.17, 15) is 0 Å². The quantitative estimate of drug-likeness (QED) is 0.761. The van der Waals surface area contributed by atoms with Crippen LogP contribution >= 0.6 is 0 Å².